The van der Waals surface area contributed by atoms with Crippen molar-refractivity contribution in [2.24, 2.45) is 10.7 Å². The Kier molecular flexibility index (Phi) is 8.61. The van der Waals surface area contributed by atoms with Crippen LogP contribution in [0.4, 0.5) is 5.69 Å². The van der Waals surface area contributed by atoms with Crippen LogP contribution in [-0.4, -0.2) is 45.2 Å². The Hall–Kier alpha value is -2.57. The van der Waals surface area contributed by atoms with E-state index in [0.717, 1.165) is 35.5 Å². The smallest absolute Gasteiger partial charge is 0.193 e. The van der Waals surface area contributed by atoms with Gasteiger partial charge in [-0.25, -0.2) is 4.99 Å². The van der Waals surface area contributed by atoms with Crippen LogP contribution in [0, 0.1) is 0 Å². The first-order chi connectivity index (χ1) is 13.1. The Bertz CT molecular complexity index is 714. The zero-order chi connectivity index (χ0) is 19.5. The molecule has 0 spiro atoms. The second kappa shape index (κ2) is 11.2. The van der Waals surface area contributed by atoms with Crippen molar-refractivity contribution in [3.05, 3.63) is 59.7 Å². The number of hydrogen-bond acceptors (Lipinski definition) is 4. The van der Waals surface area contributed by atoms with Gasteiger partial charge in [0.15, 0.2) is 5.96 Å². The first-order valence-corrected chi connectivity index (χ1v) is 9.08. The van der Waals surface area contributed by atoms with Crippen LogP contribution in [0.25, 0.3) is 0 Å². The molecule has 0 unspecified atom stereocenters. The number of aliphatic imine (C=N–C) groups is 1. The third-order valence-electron chi connectivity index (χ3n) is 3.95. The fourth-order valence-electron chi connectivity index (χ4n) is 2.54. The molecule has 0 heterocycles. The molecule has 0 aliphatic carbocycles. The first kappa shape index (κ1) is 20.7. The molecule has 3 N–H and O–H groups in total. The molecule has 27 heavy (non-hydrogen) atoms. The Morgan fingerprint density at radius 1 is 1.11 bits per heavy atom. The molecule has 6 nitrogen and oxygen atoms in total. The second-order valence-electron chi connectivity index (χ2n) is 6.57. The molecule has 0 aliphatic heterocycles. The molecule has 0 atom stereocenters. The lowest BCUT2D eigenvalue weighted by molar-refractivity contribution is 0.185. The zero-order valence-electron chi connectivity index (χ0n) is 16.4. The Morgan fingerprint density at radius 2 is 1.85 bits per heavy atom. The number of benzene rings is 2. The number of hydrogen-bond donors (Lipinski definition) is 2. The quantitative estimate of drug-likeness (QED) is 0.382. The number of nitrogens with zero attached hydrogens (tertiary/aromatic N) is 2. The van der Waals surface area contributed by atoms with E-state index < -0.39 is 0 Å². The largest absolute Gasteiger partial charge is 0.494 e. The highest BCUT2D eigenvalue weighted by atomic mass is 16.5. The summed E-state index contributed by atoms with van der Waals surface area (Å²) < 4.78 is 10.9. The number of ether oxygens (including phenoxy) is 2. The highest BCUT2D eigenvalue weighted by Gasteiger charge is 2.02. The molecule has 2 aromatic rings. The minimum atomic E-state index is 0.377. The molecule has 0 aliphatic rings. The molecule has 0 aromatic heterocycles. The summed E-state index contributed by atoms with van der Waals surface area (Å²) in [5.74, 6) is 1.25. The summed E-state index contributed by atoms with van der Waals surface area (Å²) in [5, 5.41) is 3.14. The predicted molar refractivity (Wildman–Crippen MR) is 111 cm³/mol. The van der Waals surface area contributed by atoms with E-state index in [4.69, 9.17) is 15.2 Å². The molecule has 0 saturated carbocycles. The maximum Gasteiger partial charge on any atom is 0.193 e. The molecule has 2 aromatic carbocycles. The highest BCUT2D eigenvalue weighted by Crippen LogP contribution is 2.16. The van der Waals surface area contributed by atoms with Gasteiger partial charge in [-0.3, -0.25) is 0 Å². The van der Waals surface area contributed by atoms with Crippen molar-refractivity contribution in [3.63, 3.8) is 0 Å². The molecule has 0 amide bonds. The second-order valence-corrected chi connectivity index (χ2v) is 6.57. The molecule has 0 bridgehead atoms. The van der Waals surface area contributed by atoms with Crippen molar-refractivity contribution in [2.75, 3.05) is 39.7 Å². The van der Waals surface area contributed by atoms with Gasteiger partial charge in [0.2, 0.25) is 0 Å². The summed E-state index contributed by atoms with van der Waals surface area (Å²) >= 11 is 0. The van der Waals surface area contributed by atoms with E-state index in [2.05, 4.69) is 29.3 Å². The van der Waals surface area contributed by atoms with E-state index >= 15 is 0 Å². The fourth-order valence-corrected chi connectivity index (χ4v) is 2.54. The summed E-state index contributed by atoms with van der Waals surface area (Å²) in [4.78, 5) is 6.56. The maximum absolute atomic E-state index is 6.02. The summed E-state index contributed by atoms with van der Waals surface area (Å²) in [5.41, 5.74) is 9.04. The standard InChI is InChI=1S/C21H30N4O2/c1-25(2)13-6-14-27-19-11-9-17(10-12-19)15-23-21(22)24-20-8-5-4-7-18(20)16-26-3/h4-5,7-12H,6,13-16H2,1-3H3,(H3,22,23,24). The molecule has 2 rings (SSSR count). The number of nitrogens with two attached hydrogens (primary N) is 1. The molecule has 146 valence electrons. The maximum atomic E-state index is 6.02. The molecule has 6 heteroatoms. The van der Waals surface area contributed by atoms with E-state index in [1.807, 2.05) is 48.5 Å². The normalized spacial score (nSPS) is 11.6. The van der Waals surface area contributed by atoms with Gasteiger partial charge in [-0.1, -0.05) is 30.3 Å². The van der Waals surface area contributed by atoms with Gasteiger partial charge in [-0.05, 0) is 44.3 Å². The van der Waals surface area contributed by atoms with Crippen molar-refractivity contribution in [3.8, 4) is 5.75 Å². The van der Waals surface area contributed by atoms with E-state index in [-0.39, 0.29) is 0 Å². The number of anilines is 1. The van der Waals surface area contributed by atoms with Crippen LogP contribution >= 0.6 is 0 Å². The minimum absolute atomic E-state index is 0.377. The molecule has 0 radical (unpaired) electrons. The lowest BCUT2D eigenvalue weighted by atomic mass is 10.2. The van der Waals surface area contributed by atoms with E-state index in [1.54, 1.807) is 7.11 Å². The van der Waals surface area contributed by atoms with Crippen LogP contribution in [0.15, 0.2) is 53.5 Å². The topological polar surface area (TPSA) is 72.1 Å². The molecular formula is C21H30N4O2. The van der Waals surface area contributed by atoms with Crippen molar-refractivity contribution in [2.45, 2.75) is 19.6 Å². The van der Waals surface area contributed by atoms with Crippen molar-refractivity contribution < 1.29 is 9.47 Å². The van der Waals surface area contributed by atoms with Gasteiger partial charge in [0.1, 0.15) is 5.75 Å². The van der Waals surface area contributed by atoms with Gasteiger partial charge in [0.05, 0.1) is 19.8 Å². The third kappa shape index (κ3) is 7.68. The van der Waals surface area contributed by atoms with Crippen LogP contribution in [0.3, 0.4) is 0 Å². The van der Waals surface area contributed by atoms with Crippen LogP contribution < -0.4 is 15.8 Å². The van der Waals surface area contributed by atoms with Gasteiger partial charge in [-0.2, -0.15) is 0 Å². The van der Waals surface area contributed by atoms with Crippen LogP contribution in [0.5, 0.6) is 5.75 Å². The SMILES string of the molecule is COCc1ccccc1NC(N)=NCc1ccc(OCCCN(C)C)cc1. The van der Waals surface area contributed by atoms with Crippen LogP contribution in [0.2, 0.25) is 0 Å². The number of guanidine groups is 1. The highest BCUT2D eigenvalue weighted by molar-refractivity contribution is 5.92. The van der Waals surface area contributed by atoms with Gasteiger partial charge < -0.3 is 25.4 Å². The fraction of sp³-hybridized carbons (Fsp3) is 0.381. The van der Waals surface area contributed by atoms with Gasteiger partial charge in [0.25, 0.3) is 0 Å². The van der Waals surface area contributed by atoms with Gasteiger partial charge in [-0.15, -0.1) is 0 Å². The minimum Gasteiger partial charge on any atom is -0.494 e. The number of rotatable bonds is 10. The van der Waals surface area contributed by atoms with E-state index in [1.165, 1.54) is 0 Å². The molecule has 0 fully saturated rings. The first-order valence-electron chi connectivity index (χ1n) is 9.08. The lowest BCUT2D eigenvalue weighted by Crippen LogP contribution is -2.23. The average Bonchev–Trinajstić information content (AvgIpc) is 2.66. The summed E-state index contributed by atoms with van der Waals surface area (Å²) in [6, 6.07) is 15.8. The molecule has 0 saturated heterocycles. The Morgan fingerprint density at radius 3 is 2.56 bits per heavy atom. The third-order valence-corrected chi connectivity index (χ3v) is 3.95. The van der Waals surface area contributed by atoms with Gasteiger partial charge in [0, 0.05) is 24.9 Å². The van der Waals surface area contributed by atoms with Crippen molar-refractivity contribution in [1.29, 1.82) is 0 Å². The number of para-hydroxylation sites is 1. The molecular weight excluding hydrogens is 340 g/mol. The zero-order valence-corrected chi connectivity index (χ0v) is 16.4. The van der Waals surface area contributed by atoms with E-state index in [0.29, 0.717) is 25.7 Å². The van der Waals surface area contributed by atoms with Gasteiger partial charge >= 0.3 is 0 Å². The predicted octanol–water partition coefficient (Wildman–Crippen LogP) is 3.09. The average molecular weight is 370 g/mol. The van der Waals surface area contributed by atoms with Crippen molar-refractivity contribution >= 4 is 11.6 Å². The van der Waals surface area contributed by atoms with Crippen molar-refractivity contribution in [1.82, 2.24) is 4.90 Å². The number of methoxy groups -OCH3 is 1. The summed E-state index contributed by atoms with van der Waals surface area (Å²) in [6.07, 6.45) is 1.01. The Balaban J connectivity index is 1.84. The summed E-state index contributed by atoms with van der Waals surface area (Å²) in [7, 11) is 5.79. The van der Waals surface area contributed by atoms with E-state index in [9.17, 15) is 0 Å². The monoisotopic (exact) mass is 370 g/mol. The van der Waals surface area contributed by atoms with Crippen LogP contribution in [0.1, 0.15) is 17.5 Å². The Labute approximate surface area is 162 Å². The number of nitrogens with one attached hydrogen (secondary N) is 1. The lowest BCUT2D eigenvalue weighted by Gasteiger charge is -2.11. The summed E-state index contributed by atoms with van der Waals surface area (Å²) in [6.45, 7) is 2.76. The van der Waals surface area contributed by atoms with Crippen LogP contribution in [-0.2, 0) is 17.9 Å².